The molecular formula is C24H30FN3O2. The van der Waals surface area contributed by atoms with E-state index in [0.29, 0.717) is 18.8 Å². The summed E-state index contributed by atoms with van der Waals surface area (Å²) in [5.74, 6) is 0.0653. The number of anilines is 1. The van der Waals surface area contributed by atoms with Gasteiger partial charge in [-0.05, 0) is 61.3 Å². The summed E-state index contributed by atoms with van der Waals surface area (Å²) < 4.78 is 14.3. The fraction of sp³-hybridized carbons (Fsp3) is 0.542. The van der Waals surface area contributed by atoms with Crippen LogP contribution in [0.4, 0.5) is 10.1 Å². The van der Waals surface area contributed by atoms with Crippen molar-refractivity contribution in [3.8, 4) is 0 Å². The van der Waals surface area contributed by atoms with Crippen LogP contribution in [0, 0.1) is 11.7 Å². The molecule has 1 heterocycles. The lowest BCUT2D eigenvalue weighted by molar-refractivity contribution is -0.116. The first-order valence-electron chi connectivity index (χ1n) is 11.3. The van der Waals surface area contributed by atoms with Gasteiger partial charge in [0.1, 0.15) is 5.82 Å². The second-order valence-corrected chi connectivity index (χ2v) is 8.75. The fourth-order valence-corrected chi connectivity index (χ4v) is 4.87. The molecule has 160 valence electrons. The predicted octanol–water partition coefficient (Wildman–Crippen LogP) is 4.68. The Hall–Kier alpha value is -2.50. The first-order valence-corrected chi connectivity index (χ1v) is 11.3. The molecule has 2 aromatic rings. The molecule has 0 aliphatic heterocycles. The van der Waals surface area contributed by atoms with E-state index in [9.17, 15) is 14.0 Å². The Morgan fingerprint density at radius 2 is 1.87 bits per heavy atom. The van der Waals surface area contributed by atoms with Gasteiger partial charge in [0.25, 0.3) is 5.56 Å². The van der Waals surface area contributed by atoms with E-state index in [2.05, 4.69) is 15.5 Å². The van der Waals surface area contributed by atoms with Crippen molar-refractivity contribution in [3.05, 3.63) is 56.8 Å². The van der Waals surface area contributed by atoms with Gasteiger partial charge in [-0.2, -0.15) is 5.10 Å². The van der Waals surface area contributed by atoms with Gasteiger partial charge in [-0.1, -0.05) is 38.2 Å². The minimum Gasteiger partial charge on any atom is -0.324 e. The van der Waals surface area contributed by atoms with Crippen LogP contribution in [0.3, 0.4) is 0 Å². The summed E-state index contributed by atoms with van der Waals surface area (Å²) in [5, 5.41) is 9.62. The lowest BCUT2D eigenvalue weighted by Gasteiger charge is -2.21. The van der Waals surface area contributed by atoms with E-state index >= 15 is 0 Å². The highest BCUT2D eigenvalue weighted by Gasteiger charge is 2.19. The Bertz CT molecular complexity index is 963. The molecule has 0 unspecified atom stereocenters. The van der Waals surface area contributed by atoms with Crippen LogP contribution in [0.15, 0.2) is 23.0 Å². The van der Waals surface area contributed by atoms with Crippen molar-refractivity contribution in [1.82, 2.24) is 10.2 Å². The Balaban J connectivity index is 1.43. The molecule has 0 atom stereocenters. The smallest absolute Gasteiger partial charge is 0.267 e. The Labute approximate surface area is 176 Å². The molecule has 0 saturated heterocycles. The van der Waals surface area contributed by atoms with Crippen molar-refractivity contribution in [2.45, 2.75) is 77.0 Å². The molecule has 1 aromatic heterocycles. The molecule has 2 aliphatic rings. The number of hydrogen-bond donors (Lipinski definition) is 2. The third-order valence-electron chi connectivity index (χ3n) is 6.56. The minimum absolute atomic E-state index is 0.0986. The average molecular weight is 412 g/mol. The van der Waals surface area contributed by atoms with Crippen LogP contribution >= 0.6 is 0 Å². The highest BCUT2D eigenvalue weighted by atomic mass is 19.1. The van der Waals surface area contributed by atoms with Gasteiger partial charge in [-0.3, -0.25) is 9.59 Å². The lowest BCUT2D eigenvalue weighted by Crippen LogP contribution is -2.23. The van der Waals surface area contributed by atoms with Crippen LogP contribution in [-0.2, 0) is 24.1 Å². The van der Waals surface area contributed by atoms with Crippen molar-refractivity contribution < 1.29 is 9.18 Å². The van der Waals surface area contributed by atoms with Crippen molar-refractivity contribution in [1.29, 1.82) is 0 Å². The predicted molar refractivity (Wildman–Crippen MR) is 115 cm³/mol. The van der Waals surface area contributed by atoms with E-state index in [4.69, 9.17) is 0 Å². The maximum absolute atomic E-state index is 14.3. The zero-order chi connectivity index (χ0) is 20.9. The number of nitrogens with zero attached hydrogens (tertiary/aromatic N) is 1. The first-order chi connectivity index (χ1) is 14.6. The Kier molecular flexibility index (Phi) is 6.60. The summed E-state index contributed by atoms with van der Waals surface area (Å²) in [5.41, 5.74) is 3.70. The fourth-order valence-electron chi connectivity index (χ4n) is 4.87. The standard InChI is InChI=1S/C24H30FN3O2/c25-20-12-10-17(14-21-18-8-4-5-9-19(18)24(30)28-27-21)15-22(20)26-23(29)13-11-16-6-2-1-3-7-16/h10,12,15-16H,1-9,11,13-14H2,(H,26,29)(H,28,30). The number of aromatic amines is 1. The molecule has 0 radical (unpaired) electrons. The lowest BCUT2D eigenvalue weighted by atomic mass is 9.86. The van der Waals surface area contributed by atoms with Gasteiger partial charge in [-0.15, -0.1) is 0 Å². The number of H-pyrrole nitrogens is 1. The second-order valence-electron chi connectivity index (χ2n) is 8.75. The monoisotopic (exact) mass is 411 g/mol. The number of amides is 1. The first kappa shape index (κ1) is 20.8. The van der Waals surface area contributed by atoms with Crippen LogP contribution in [0.25, 0.3) is 0 Å². The van der Waals surface area contributed by atoms with Gasteiger partial charge in [0.05, 0.1) is 11.4 Å². The van der Waals surface area contributed by atoms with E-state index in [1.807, 2.05) is 0 Å². The number of aromatic nitrogens is 2. The molecule has 1 amide bonds. The van der Waals surface area contributed by atoms with Crippen LogP contribution in [0.5, 0.6) is 0 Å². The number of carbonyl (C=O) groups is 1. The van der Waals surface area contributed by atoms with Crippen molar-refractivity contribution in [3.63, 3.8) is 0 Å². The van der Waals surface area contributed by atoms with E-state index in [1.165, 1.54) is 38.2 Å². The summed E-state index contributed by atoms with van der Waals surface area (Å²) >= 11 is 0. The van der Waals surface area contributed by atoms with E-state index in [0.717, 1.165) is 54.5 Å². The van der Waals surface area contributed by atoms with Crippen molar-refractivity contribution in [2.75, 3.05) is 5.32 Å². The van der Waals surface area contributed by atoms with Gasteiger partial charge >= 0.3 is 0 Å². The van der Waals surface area contributed by atoms with Gasteiger partial charge in [0.2, 0.25) is 5.91 Å². The number of benzene rings is 1. The Morgan fingerprint density at radius 3 is 2.67 bits per heavy atom. The number of hydrogen-bond acceptors (Lipinski definition) is 3. The Morgan fingerprint density at radius 1 is 1.10 bits per heavy atom. The average Bonchev–Trinajstić information content (AvgIpc) is 2.77. The maximum atomic E-state index is 14.3. The molecule has 0 spiro atoms. The number of halogens is 1. The third-order valence-corrected chi connectivity index (χ3v) is 6.56. The summed E-state index contributed by atoms with van der Waals surface area (Å²) in [4.78, 5) is 24.4. The molecule has 2 N–H and O–H groups in total. The molecule has 5 nitrogen and oxygen atoms in total. The van der Waals surface area contributed by atoms with Crippen molar-refractivity contribution in [2.24, 2.45) is 5.92 Å². The molecule has 6 heteroatoms. The normalized spacial score (nSPS) is 16.8. The number of carbonyl (C=O) groups excluding carboxylic acids is 1. The SMILES string of the molecule is O=C(CCC1CCCCC1)Nc1cc(Cc2n[nH]c(=O)c3c2CCCC3)ccc1F. The number of nitrogens with one attached hydrogen (secondary N) is 2. The van der Waals surface area contributed by atoms with Gasteiger partial charge in [0.15, 0.2) is 0 Å². The third kappa shape index (κ3) is 4.97. The largest absolute Gasteiger partial charge is 0.324 e. The van der Waals surface area contributed by atoms with E-state index < -0.39 is 5.82 Å². The summed E-state index contributed by atoms with van der Waals surface area (Å²) in [7, 11) is 0. The second kappa shape index (κ2) is 9.54. The molecule has 1 fully saturated rings. The van der Waals surface area contributed by atoms with Gasteiger partial charge in [-0.25, -0.2) is 9.49 Å². The molecule has 0 bridgehead atoms. The van der Waals surface area contributed by atoms with Crippen molar-refractivity contribution >= 4 is 11.6 Å². The zero-order valence-corrected chi connectivity index (χ0v) is 17.4. The quantitative estimate of drug-likeness (QED) is 0.725. The topological polar surface area (TPSA) is 74.8 Å². The number of fused-ring (bicyclic) bond motifs is 1. The molecular weight excluding hydrogens is 381 g/mol. The highest BCUT2D eigenvalue weighted by Crippen LogP contribution is 2.28. The van der Waals surface area contributed by atoms with E-state index in [-0.39, 0.29) is 17.2 Å². The zero-order valence-electron chi connectivity index (χ0n) is 17.4. The van der Waals surface area contributed by atoms with E-state index in [1.54, 1.807) is 12.1 Å². The molecule has 30 heavy (non-hydrogen) atoms. The minimum atomic E-state index is -0.429. The van der Waals surface area contributed by atoms with Crippen LogP contribution in [-0.4, -0.2) is 16.1 Å². The van der Waals surface area contributed by atoms with Crippen LogP contribution in [0.1, 0.15) is 80.2 Å². The maximum Gasteiger partial charge on any atom is 0.267 e. The summed E-state index contributed by atoms with van der Waals surface area (Å²) in [6.07, 6.45) is 11.7. The number of rotatable bonds is 6. The summed E-state index contributed by atoms with van der Waals surface area (Å²) in [6.45, 7) is 0. The molecule has 4 rings (SSSR count). The van der Waals surface area contributed by atoms with Gasteiger partial charge in [0, 0.05) is 18.4 Å². The highest BCUT2D eigenvalue weighted by molar-refractivity contribution is 5.90. The molecule has 1 saturated carbocycles. The summed E-state index contributed by atoms with van der Waals surface area (Å²) in [6, 6.07) is 4.80. The van der Waals surface area contributed by atoms with Gasteiger partial charge < -0.3 is 5.32 Å². The van der Waals surface area contributed by atoms with Crippen LogP contribution < -0.4 is 10.9 Å². The molecule has 2 aliphatic carbocycles. The molecule has 1 aromatic carbocycles. The van der Waals surface area contributed by atoms with Crippen LogP contribution in [0.2, 0.25) is 0 Å².